The summed E-state index contributed by atoms with van der Waals surface area (Å²) in [7, 11) is 0. The molecule has 0 amide bonds. The highest BCUT2D eigenvalue weighted by Crippen LogP contribution is 2.52. The van der Waals surface area contributed by atoms with Crippen LogP contribution in [0.25, 0.3) is 0 Å². The van der Waals surface area contributed by atoms with Crippen molar-refractivity contribution < 1.29 is 0 Å². The number of nitrogens with zero attached hydrogens (tertiary/aromatic N) is 2. The van der Waals surface area contributed by atoms with E-state index in [4.69, 9.17) is 5.73 Å². The Balaban J connectivity index is 1.87. The van der Waals surface area contributed by atoms with Crippen molar-refractivity contribution >= 4 is 0 Å². The zero-order chi connectivity index (χ0) is 12.7. The van der Waals surface area contributed by atoms with Crippen LogP contribution >= 0.6 is 0 Å². The standard InChI is InChI=1S/C15H23N3/c1-3-14-13(6-9(2)17-18-14)15(16)12-8-10-4-5-11(12)7-10/h6,10-12,15H,3-5,7-8,16H2,1-2H3. The summed E-state index contributed by atoms with van der Waals surface area (Å²) in [6.07, 6.45) is 6.49. The van der Waals surface area contributed by atoms with Gasteiger partial charge in [0.2, 0.25) is 0 Å². The largest absolute Gasteiger partial charge is 0.324 e. The Kier molecular flexibility index (Phi) is 3.10. The molecule has 2 fully saturated rings. The summed E-state index contributed by atoms with van der Waals surface area (Å²) in [5, 5.41) is 8.48. The van der Waals surface area contributed by atoms with E-state index >= 15 is 0 Å². The lowest BCUT2D eigenvalue weighted by Crippen LogP contribution is -2.27. The molecule has 3 nitrogen and oxygen atoms in total. The Labute approximate surface area is 109 Å². The number of rotatable bonds is 3. The van der Waals surface area contributed by atoms with Gasteiger partial charge in [-0.3, -0.25) is 0 Å². The second-order valence-electron chi connectivity index (χ2n) is 6.11. The molecule has 2 saturated carbocycles. The van der Waals surface area contributed by atoms with Crippen LogP contribution in [0.2, 0.25) is 0 Å². The molecule has 4 unspecified atom stereocenters. The van der Waals surface area contributed by atoms with Crippen molar-refractivity contribution in [2.45, 2.75) is 52.0 Å². The fraction of sp³-hybridized carbons (Fsp3) is 0.733. The van der Waals surface area contributed by atoms with Crippen molar-refractivity contribution in [2.24, 2.45) is 23.5 Å². The third kappa shape index (κ3) is 1.95. The lowest BCUT2D eigenvalue weighted by molar-refractivity contribution is 0.283. The molecular weight excluding hydrogens is 222 g/mol. The molecule has 0 spiro atoms. The van der Waals surface area contributed by atoms with Crippen LogP contribution in [0.5, 0.6) is 0 Å². The Bertz CT molecular complexity index is 443. The Hall–Kier alpha value is -0.960. The highest BCUT2D eigenvalue weighted by atomic mass is 15.1. The summed E-state index contributed by atoms with van der Waals surface area (Å²) < 4.78 is 0. The first-order valence-electron chi connectivity index (χ1n) is 7.27. The Morgan fingerprint density at radius 2 is 2.17 bits per heavy atom. The van der Waals surface area contributed by atoms with Gasteiger partial charge in [-0.1, -0.05) is 13.3 Å². The predicted octanol–water partition coefficient (Wildman–Crippen LogP) is 2.78. The minimum Gasteiger partial charge on any atom is -0.324 e. The molecule has 2 bridgehead atoms. The van der Waals surface area contributed by atoms with Crippen molar-refractivity contribution in [2.75, 3.05) is 0 Å². The predicted molar refractivity (Wildman–Crippen MR) is 72.0 cm³/mol. The summed E-state index contributed by atoms with van der Waals surface area (Å²) in [5.74, 6) is 2.49. The number of hydrogen-bond acceptors (Lipinski definition) is 3. The molecular formula is C15H23N3. The van der Waals surface area contributed by atoms with Gasteiger partial charge in [0.05, 0.1) is 11.4 Å². The fourth-order valence-corrected chi connectivity index (χ4v) is 4.06. The van der Waals surface area contributed by atoms with Gasteiger partial charge in [-0.25, -0.2) is 0 Å². The van der Waals surface area contributed by atoms with Crippen LogP contribution < -0.4 is 5.73 Å². The monoisotopic (exact) mass is 245 g/mol. The van der Waals surface area contributed by atoms with Crippen LogP contribution in [0.3, 0.4) is 0 Å². The lowest BCUT2D eigenvalue weighted by Gasteiger charge is -2.28. The first-order valence-corrected chi connectivity index (χ1v) is 7.27. The van der Waals surface area contributed by atoms with Gasteiger partial charge in [-0.2, -0.15) is 10.2 Å². The number of aromatic nitrogens is 2. The minimum absolute atomic E-state index is 0.171. The maximum Gasteiger partial charge on any atom is 0.0676 e. The van der Waals surface area contributed by atoms with Gasteiger partial charge in [0.1, 0.15) is 0 Å². The van der Waals surface area contributed by atoms with Gasteiger partial charge in [0, 0.05) is 6.04 Å². The lowest BCUT2D eigenvalue weighted by atomic mass is 9.80. The van der Waals surface area contributed by atoms with Gasteiger partial charge in [-0.15, -0.1) is 0 Å². The molecule has 0 radical (unpaired) electrons. The molecule has 2 aliphatic carbocycles. The van der Waals surface area contributed by atoms with Crippen molar-refractivity contribution in [3.05, 3.63) is 23.0 Å². The van der Waals surface area contributed by atoms with Gasteiger partial charge < -0.3 is 5.73 Å². The van der Waals surface area contributed by atoms with Crippen molar-refractivity contribution in [3.8, 4) is 0 Å². The van der Waals surface area contributed by atoms with Crippen LogP contribution in [0.4, 0.5) is 0 Å². The van der Waals surface area contributed by atoms with Crippen LogP contribution in [-0.4, -0.2) is 10.2 Å². The summed E-state index contributed by atoms with van der Waals surface area (Å²) in [6, 6.07) is 2.33. The van der Waals surface area contributed by atoms with E-state index in [1.807, 2.05) is 6.92 Å². The van der Waals surface area contributed by atoms with Crippen LogP contribution in [-0.2, 0) is 6.42 Å². The molecule has 0 aromatic carbocycles. The van der Waals surface area contributed by atoms with Gasteiger partial charge >= 0.3 is 0 Å². The molecule has 1 aromatic heterocycles. The molecule has 3 heteroatoms. The SMILES string of the molecule is CCc1nnc(C)cc1C(N)C1CC2CCC1C2. The quantitative estimate of drug-likeness (QED) is 0.891. The zero-order valence-electron chi connectivity index (χ0n) is 11.4. The maximum absolute atomic E-state index is 6.56. The third-order valence-corrected chi connectivity index (χ3v) is 4.97. The van der Waals surface area contributed by atoms with Crippen molar-refractivity contribution in [3.63, 3.8) is 0 Å². The van der Waals surface area contributed by atoms with E-state index in [9.17, 15) is 0 Å². The molecule has 1 aromatic rings. The zero-order valence-corrected chi connectivity index (χ0v) is 11.4. The highest BCUT2D eigenvalue weighted by molar-refractivity contribution is 5.26. The summed E-state index contributed by atoms with van der Waals surface area (Å²) in [4.78, 5) is 0. The maximum atomic E-state index is 6.56. The van der Waals surface area contributed by atoms with Gasteiger partial charge in [-0.05, 0) is 62.0 Å². The minimum atomic E-state index is 0.171. The van der Waals surface area contributed by atoms with E-state index in [-0.39, 0.29) is 6.04 Å². The topological polar surface area (TPSA) is 51.8 Å². The molecule has 0 saturated heterocycles. The summed E-state index contributed by atoms with van der Waals surface area (Å²) in [6.45, 7) is 4.14. The van der Waals surface area contributed by atoms with Crippen LogP contribution in [0.15, 0.2) is 6.07 Å². The van der Waals surface area contributed by atoms with E-state index in [2.05, 4.69) is 23.2 Å². The molecule has 2 aliphatic rings. The molecule has 98 valence electrons. The molecule has 1 heterocycles. The van der Waals surface area contributed by atoms with Crippen LogP contribution in [0, 0.1) is 24.7 Å². The van der Waals surface area contributed by atoms with E-state index in [0.29, 0.717) is 5.92 Å². The molecule has 0 aliphatic heterocycles. The smallest absolute Gasteiger partial charge is 0.0676 e. The van der Waals surface area contributed by atoms with Crippen molar-refractivity contribution in [1.29, 1.82) is 0 Å². The molecule has 2 N–H and O–H groups in total. The fourth-order valence-electron chi connectivity index (χ4n) is 4.06. The summed E-state index contributed by atoms with van der Waals surface area (Å²) >= 11 is 0. The first-order chi connectivity index (χ1) is 8.69. The average molecular weight is 245 g/mol. The van der Waals surface area contributed by atoms with Gasteiger partial charge in [0.15, 0.2) is 0 Å². The number of aryl methyl sites for hydroxylation is 2. The number of hydrogen-bond donors (Lipinski definition) is 1. The van der Waals surface area contributed by atoms with E-state index in [1.54, 1.807) is 0 Å². The third-order valence-electron chi connectivity index (χ3n) is 4.97. The first kappa shape index (κ1) is 12.1. The average Bonchev–Trinajstić information content (AvgIpc) is 3.00. The van der Waals surface area contributed by atoms with Crippen molar-refractivity contribution in [1.82, 2.24) is 10.2 Å². The number of nitrogens with two attached hydrogens (primary N) is 1. The van der Waals surface area contributed by atoms with Crippen LogP contribution in [0.1, 0.15) is 55.6 Å². The van der Waals surface area contributed by atoms with Gasteiger partial charge in [0.25, 0.3) is 0 Å². The Morgan fingerprint density at radius 3 is 2.78 bits per heavy atom. The van der Waals surface area contributed by atoms with E-state index in [1.165, 1.54) is 31.2 Å². The number of fused-ring (bicyclic) bond motifs is 2. The molecule has 3 rings (SSSR count). The Morgan fingerprint density at radius 1 is 1.33 bits per heavy atom. The van der Waals surface area contributed by atoms with E-state index in [0.717, 1.165) is 29.6 Å². The summed E-state index contributed by atoms with van der Waals surface area (Å²) in [5.41, 5.74) is 9.90. The van der Waals surface area contributed by atoms with E-state index < -0.39 is 0 Å². The second-order valence-corrected chi connectivity index (χ2v) is 6.11. The normalized spacial score (nSPS) is 31.8. The molecule has 4 atom stereocenters. The second kappa shape index (κ2) is 4.61. The highest BCUT2D eigenvalue weighted by Gasteiger charge is 2.42. The molecule has 18 heavy (non-hydrogen) atoms.